The summed E-state index contributed by atoms with van der Waals surface area (Å²) in [6.07, 6.45) is 0. The number of benzene rings is 3. The normalized spacial score (nSPS) is 10.5. The van der Waals surface area contributed by atoms with Gasteiger partial charge in [0.25, 0.3) is 0 Å². The number of halogens is 1. The fourth-order valence-electron chi connectivity index (χ4n) is 2.66. The van der Waals surface area contributed by atoms with E-state index in [1.807, 2.05) is 18.2 Å². The molecule has 3 aromatic rings. The van der Waals surface area contributed by atoms with Gasteiger partial charge in [0.2, 0.25) is 0 Å². The highest BCUT2D eigenvalue weighted by atomic mass is 19.1. The minimum absolute atomic E-state index is 0.415. The molecule has 0 aliphatic heterocycles. The minimum atomic E-state index is -0.416. The summed E-state index contributed by atoms with van der Waals surface area (Å²) in [5.41, 5.74) is 10.2. The molecule has 109 valence electrons. The van der Waals surface area contributed by atoms with Crippen molar-refractivity contribution in [3.8, 4) is 22.3 Å². The van der Waals surface area contributed by atoms with Gasteiger partial charge in [-0.25, -0.2) is 4.39 Å². The standard InChI is InChI=1S/C18H13B2FNO/c19-16-7-3-1-5-12(16)14-9-11(21)10-15(18(14)22)13-6-2-4-8-17(13)20-23/h1-10,23H,22H2. The zero-order valence-corrected chi connectivity index (χ0v) is 12.3. The maximum absolute atomic E-state index is 14.2. The highest BCUT2D eigenvalue weighted by molar-refractivity contribution is 6.48. The van der Waals surface area contributed by atoms with Crippen LogP contribution in [0, 0.1) is 5.82 Å². The van der Waals surface area contributed by atoms with E-state index in [9.17, 15) is 9.41 Å². The molecule has 0 saturated carbocycles. The summed E-state index contributed by atoms with van der Waals surface area (Å²) >= 11 is 0. The van der Waals surface area contributed by atoms with E-state index < -0.39 is 5.82 Å². The van der Waals surface area contributed by atoms with E-state index in [0.29, 0.717) is 38.9 Å². The molecule has 3 radical (unpaired) electrons. The number of hydrogen-bond acceptors (Lipinski definition) is 2. The Morgan fingerprint density at radius 1 is 0.870 bits per heavy atom. The molecule has 0 aromatic heterocycles. The van der Waals surface area contributed by atoms with Gasteiger partial charge < -0.3 is 10.8 Å². The van der Waals surface area contributed by atoms with Crippen LogP contribution in [0.3, 0.4) is 0 Å². The van der Waals surface area contributed by atoms with Gasteiger partial charge in [0, 0.05) is 16.8 Å². The van der Waals surface area contributed by atoms with Crippen molar-refractivity contribution in [1.29, 1.82) is 0 Å². The molecule has 5 heteroatoms. The van der Waals surface area contributed by atoms with Crippen LogP contribution in [0.1, 0.15) is 0 Å². The predicted molar refractivity (Wildman–Crippen MR) is 94.7 cm³/mol. The van der Waals surface area contributed by atoms with Crippen molar-refractivity contribution in [3.05, 3.63) is 66.5 Å². The van der Waals surface area contributed by atoms with E-state index in [-0.39, 0.29) is 0 Å². The van der Waals surface area contributed by atoms with Crippen LogP contribution in [0.15, 0.2) is 60.7 Å². The highest BCUT2D eigenvalue weighted by Gasteiger charge is 2.15. The summed E-state index contributed by atoms with van der Waals surface area (Å²) in [5.74, 6) is -0.416. The third kappa shape index (κ3) is 2.88. The van der Waals surface area contributed by atoms with Crippen LogP contribution in [0.4, 0.5) is 10.1 Å². The molecule has 2 nitrogen and oxygen atoms in total. The smallest absolute Gasteiger partial charge is 0.327 e. The monoisotopic (exact) mass is 300 g/mol. The van der Waals surface area contributed by atoms with Crippen molar-refractivity contribution in [2.24, 2.45) is 0 Å². The second-order valence-electron chi connectivity index (χ2n) is 5.22. The van der Waals surface area contributed by atoms with E-state index in [1.54, 1.807) is 30.3 Å². The molecule has 0 aliphatic rings. The number of hydrogen-bond donors (Lipinski definition) is 2. The average molecular weight is 300 g/mol. The first kappa shape index (κ1) is 15.4. The van der Waals surface area contributed by atoms with Crippen molar-refractivity contribution >= 4 is 31.9 Å². The van der Waals surface area contributed by atoms with E-state index in [2.05, 4.69) is 0 Å². The maximum Gasteiger partial charge on any atom is 0.327 e. The molecule has 0 atom stereocenters. The molecule has 0 bridgehead atoms. The molecule has 0 fully saturated rings. The van der Waals surface area contributed by atoms with Gasteiger partial charge in [0.1, 0.15) is 13.7 Å². The molecule has 0 amide bonds. The van der Waals surface area contributed by atoms with E-state index in [1.165, 1.54) is 12.1 Å². The van der Waals surface area contributed by atoms with Crippen LogP contribution in [-0.4, -0.2) is 20.4 Å². The molecule has 3 rings (SSSR count). The third-order valence-electron chi connectivity index (χ3n) is 3.79. The van der Waals surface area contributed by atoms with Crippen LogP contribution in [0.5, 0.6) is 0 Å². The molecule has 3 N–H and O–H groups in total. The largest absolute Gasteiger partial charge is 0.450 e. The molecule has 23 heavy (non-hydrogen) atoms. The fourth-order valence-corrected chi connectivity index (χ4v) is 2.66. The molecular weight excluding hydrogens is 287 g/mol. The van der Waals surface area contributed by atoms with Crippen molar-refractivity contribution in [3.63, 3.8) is 0 Å². The lowest BCUT2D eigenvalue weighted by Crippen LogP contribution is -2.17. The SMILES string of the molecule is [B]c1ccccc1-c1cc(F)cc(-c2ccccc2[B]O)c1N. The van der Waals surface area contributed by atoms with E-state index in [0.717, 1.165) is 7.48 Å². The number of anilines is 1. The van der Waals surface area contributed by atoms with Gasteiger partial charge in [-0.2, -0.15) is 0 Å². The van der Waals surface area contributed by atoms with Crippen molar-refractivity contribution in [1.82, 2.24) is 0 Å². The van der Waals surface area contributed by atoms with Gasteiger partial charge in [-0.3, -0.25) is 0 Å². The Bertz CT molecular complexity index is 867. The second kappa shape index (κ2) is 6.31. The van der Waals surface area contributed by atoms with Gasteiger partial charge in [0.15, 0.2) is 0 Å². The van der Waals surface area contributed by atoms with Crippen LogP contribution >= 0.6 is 0 Å². The van der Waals surface area contributed by atoms with Crippen LogP contribution in [-0.2, 0) is 0 Å². The molecule has 0 heterocycles. The van der Waals surface area contributed by atoms with Crippen molar-refractivity contribution in [2.75, 3.05) is 5.73 Å². The fraction of sp³-hybridized carbons (Fsp3) is 0. The van der Waals surface area contributed by atoms with Crippen LogP contribution < -0.4 is 16.7 Å². The molecule has 0 spiro atoms. The van der Waals surface area contributed by atoms with Gasteiger partial charge in [0.05, 0.1) is 0 Å². The lowest BCUT2D eigenvalue weighted by molar-refractivity contribution is 0.615. The summed E-state index contributed by atoms with van der Waals surface area (Å²) in [5, 5.41) is 9.39. The van der Waals surface area contributed by atoms with E-state index in [4.69, 9.17) is 13.6 Å². The zero-order chi connectivity index (χ0) is 16.4. The second-order valence-corrected chi connectivity index (χ2v) is 5.22. The van der Waals surface area contributed by atoms with Crippen LogP contribution in [0.2, 0.25) is 0 Å². The number of nitrogens with two attached hydrogens (primary N) is 1. The molecule has 0 saturated heterocycles. The van der Waals surface area contributed by atoms with Gasteiger partial charge >= 0.3 is 7.48 Å². The topological polar surface area (TPSA) is 46.2 Å². The average Bonchev–Trinajstić information content (AvgIpc) is 2.57. The molecule has 0 aliphatic carbocycles. The quantitative estimate of drug-likeness (QED) is 0.572. The summed E-state index contributed by atoms with van der Waals surface area (Å²) in [7, 11) is 6.97. The third-order valence-corrected chi connectivity index (χ3v) is 3.79. The Morgan fingerprint density at radius 2 is 1.43 bits per heavy atom. The highest BCUT2D eigenvalue weighted by Crippen LogP contribution is 2.34. The summed E-state index contributed by atoms with van der Waals surface area (Å²) in [4.78, 5) is 0. The maximum atomic E-state index is 14.2. The number of nitrogen functional groups attached to an aromatic ring is 1. The lowest BCUT2D eigenvalue weighted by atomic mass is 9.80. The summed E-state index contributed by atoms with van der Waals surface area (Å²) < 4.78 is 14.2. The van der Waals surface area contributed by atoms with Gasteiger partial charge in [-0.05, 0) is 28.7 Å². The van der Waals surface area contributed by atoms with Gasteiger partial charge in [-0.1, -0.05) is 54.0 Å². The van der Waals surface area contributed by atoms with E-state index >= 15 is 0 Å². The first-order valence-electron chi connectivity index (χ1n) is 7.12. The minimum Gasteiger partial charge on any atom is -0.450 e. The van der Waals surface area contributed by atoms with Crippen molar-refractivity contribution < 1.29 is 9.41 Å². The Hall–Kier alpha value is -2.52. The van der Waals surface area contributed by atoms with Gasteiger partial charge in [-0.15, -0.1) is 0 Å². The zero-order valence-electron chi connectivity index (χ0n) is 12.3. The first-order chi connectivity index (χ1) is 11.1. The van der Waals surface area contributed by atoms with Crippen LogP contribution in [0.25, 0.3) is 22.3 Å². The predicted octanol–water partition coefficient (Wildman–Crippen LogP) is 1.77. The first-order valence-corrected chi connectivity index (χ1v) is 7.12. The Labute approximate surface area is 136 Å². The van der Waals surface area contributed by atoms with Crippen molar-refractivity contribution in [2.45, 2.75) is 0 Å². The summed E-state index contributed by atoms with van der Waals surface area (Å²) in [6, 6.07) is 17.0. The lowest BCUT2D eigenvalue weighted by Gasteiger charge is -2.16. The Balaban J connectivity index is 2.27. The Kier molecular flexibility index (Phi) is 4.22. The summed E-state index contributed by atoms with van der Waals surface area (Å²) in [6.45, 7) is 0. The molecular formula is C18H13B2FNO. The number of rotatable bonds is 3. The molecule has 0 unspecified atom stereocenters. The Morgan fingerprint density at radius 3 is 2.09 bits per heavy atom. The molecule has 3 aromatic carbocycles.